The Balaban J connectivity index is 1.83. The van der Waals surface area contributed by atoms with E-state index in [0.29, 0.717) is 16.7 Å². The number of aromatic nitrogens is 2. The minimum absolute atomic E-state index is 0.0314. The summed E-state index contributed by atoms with van der Waals surface area (Å²) in [6, 6.07) is 16.0. The Kier molecular flexibility index (Phi) is 6.09. The fourth-order valence-electron chi connectivity index (χ4n) is 4.20. The zero-order valence-electron chi connectivity index (χ0n) is 17.3. The van der Waals surface area contributed by atoms with Gasteiger partial charge in [-0.2, -0.15) is 0 Å². The molecule has 0 spiro atoms. The van der Waals surface area contributed by atoms with Crippen molar-refractivity contribution in [1.82, 2.24) is 14.9 Å². The van der Waals surface area contributed by atoms with Gasteiger partial charge in [0.1, 0.15) is 0 Å². The summed E-state index contributed by atoms with van der Waals surface area (Å²) >= 11 is 11.9. The van der Waals surface area contributed by atoms with Gasteiger partial charge < -0.3 is 19.5 Å². The second kappa shape index (κ2) is 8.76. The topological polar surface area (TPSA) is 42.3 Å². The number of nitrogens with zero attached hydrogens (tertiary/aromatic N) is 3. The summed E-state index contributed by atoms with van der Waals surface area (Å²) in [7, 11) is 1.73. The first-order valence-corrected chi connectivity index (χ1v) is 10.7. The van der Waals surface area contributed by atoms with Crippen molar-refractivity contribution >= 4 is 34.6 Å². The highest BCUT2D eigenvalue weighted by molar-refractivity contribution is 7.80. The van der Waals surface area contributed by atoms with Crippen molar-refractivity contribution in [3.63, 3.8) is 0 Å². The maximum Gasteiger partial charge on any atom is 0.174 e. The predicted octanol–water partition coefficient (Wildman–Crippen LogP) is 4.98. The molecule has 2 atom stereocenters. The second-order valence-corrected chi connectivity index (χ2v) is 8.27. The summed E-state index contributed by atoms with van der Waals surface area (Å²) in [6.45, 7) is 5.78. The number of rotatable bonds is 6. The standard InChI is InChI=1S/C23H25ClN4OS/c1-15-14-19(16(2)27(15)12-13-29-3)22-21(20-6-4-5-11-25-20)26-23(30)28(22)18-9-7-17(24)8-10-18/h4-11,14,21-22H,12-13H2,1-3H3,(H,26,30)/t21-,22+/m0/s1. The SMILES string of the molecule is COCCn1c(C)cc([C@@H]2[C@H](c3ccccn3)NC(=S)N2c2ccc(Cl)cc2)c1C. The fourth-order valence-corrected chi connectivity index (χ4v) is 4.68. The van der Waals surface area contributed by atoms with E-state index in [-0.39, 0.29) is 12.1 Å². The van der Waals surface area contributed by atoms with E-state index in [9.17, 15) is 0 Å². The molecule has 0 unspecified atom stereocenters. The van der Waals surface area contributed by atoms with Crippen LogP contribution in [0.2, 0.25) is 5.02 Å². The van der Waals surface area contributed by atoms with Crippen LogP contribution in [0.25, 0.3) is 0 Å². The Morgan fingerprint density at radius 1 is 1.17 bits per heavy atom. The summed E-state index contributed by atoms with van der Waals surface area (Å²) in [5, 5.41) is 4.89. The van der Waals surface area contributed by atoms with Crippen molar-refractivity contribution in [2.75, 3.05) is 18.6 Å². The molecule has 1 aliphatic heterocycles. The third-order valence-electron chi connectivity index (χ3n) is 5.65. The number of anilines is 1. The van der Waals surface area contributed by atoms with Crippen molar-refractivity contribution in [1.29, 1.82) is 0 Å². The minimum atomic E-state index is -0.0641. The predicted molar refractivity (Wildman–Crippen MR) is 125 cm³/mol. The number of methoxy groups -OCH3 is 1. The van der Waals surface area contributed by atoms with Crippen LogP contribution >= 0.6 is 23.8 Å². The molecule has 1 aliphatic rings. The van der Waals surface area contributed by atoms with E-state index in [4.69, 9.17) is 28.6 Å². The van der Waals surface area contributed by atoms with E-state index >= 15 is 0 Å². The van der Waals surface area contributed by atoms with Crippen molar-refractivity contribution < 1.29 is 4.74 Å². The number of aryl methyl sites for hydroxylation is 1. The molecule has 4 rings (SSSR count). The molecule has 1 fully saturated rings. The van der Waals surface area contributed by atoms with Crippen LogP contribution in [0.5, 0.6) is 0 Å². The number of hydrogen-bond acceptors (Lipinski definition) is 3. The number of benzene rings is 1. The Labute approximate surface area is 187 Å². The molecule has 0 aliphatic carbocycles. The smallest absolute Gasteiger partial charge is 0.174 e. The van der Waals surface area contributed by atoms with Gasteiger partial charge in [0.2, 0.25) is 0 Å². The van der Waals surface area contributed by atoms with Gasteiger partial charge >= 0.3 is 0 Å². The quantitative estimate of drug-likeness (QED) is 0.548. The number of halogens is 1. The van der Waals surface area contributed by atoms with E-state index in [1.807, 2.05) is 48.7 Å². The number of ether oxygens (including phenoxy) is 1. The maximum absolute atomic E-state index is 6.14. The molecule has 2 aromatic heterocycles. The Hall–Kier alpha value is -2.41. The van der Waals surface area contributed by atoms with Crippen LogP contribution in [0.15, 0.2) is 54.7 Å². The summed E-state index contributed by atoms with van der Waals surface area (Å²) in [6.07, 6.45) is 1.82. The first kappa shape index (κ1) is 20.8. The monoisotopic (exact) mass is 440 g/mol. The normalized spacial score (nSPS) is 18.7. The molecule has 3 heterocycles. The van der Waals surface area contributed by atoms with Gasteiger partial charge in [0.05, 0.1) is 24.4 Å². The van der Waals surface area contributed by atoms with Gasteiger partial charge in [0.15, 0.2) is 5.11 Å². The summed E-state index contributed by atoms with van der Waals surface area (Å²) < 4.78 is 7.61. The number of nitrogens with one attached hydrogen (secondary N) is 1. The number of pyridine rings is 1. The van der Waals surface area contributed by atoms with E-state index in [1.54, 1.807) is 7.11 Å². The molecule has 0 radical (unpaired) electrons. The highest BCUT2D eigenvalue weighted by Crippen LogP contribution is 2.43. The lowest BCUT2D eigenvalue weighted by molar-refractivity contribution is 0.186. The summed E-state index contributed by atoms with van der Waals surface area (Å²) in [5.41, 5.74) is 5.60. The summed E-state index contributed by atoms with van der Waals surface area (Å²) in [5.74, 6) is 0. The van der Waals surface area contributed by atoms with Crippen molar-refractivity contribution in [3.05, 3.63) is 82.4 Å². The number of thiocarbonyl (C=S) groups is 1. The molecule has 0 bridgehead atoms. The lowest BCUT2D eigenvalue weighted by atomic mass is 9.96. The van der Waals surface area contributed by atoms with Crippen molar-refractivity contribution in [3.8, 4) is 0 Å². The van der Waals surface area contributed by atoms with E-state index < -0.39 is 0 Å². The lowest BCUT2D eigenvalue weighted by Crippen LogP contribution is -2.29. The Morgan fingerprint density at radius 2 is 1.93 bits per heavy atom. The van der Waals surface area contributed by atoms with Crippen LogP contribution in [0.1, 0.15) is 34.7 Å². The Bertz CT molecular complexity index is 1040. The molecule has 7 heteroatoms. The highest BCUT2D eigenvalue weighted by Gasteiger charge is 2.42. The molecule has 1 saturated heterocycles. The van der Waals surface area contributed by atoms with Crippen LogP contribution in [0.3, 0.4) is 0 Å². The van der Waals surface area contributed by atoms with Gasteiger partial charge in [-0.15, -0.1) is 0 Å². The molecule has 1 N–H and O–H groups in total. The van der Waals surface area contributed by atoms with Crippen molar-refractivity contribution in [2.24, 2.45) is 0 Å². The van der Waals surface area contributed by atoms with Crippen LogP contribution in [-0.4, -0.2) is 28.4 Å². The van der Waals surface area contributed by atoms with Gasteiger partial charge in [-0.1, -0.05) is 17.7 Å². The van der Waals surface area contributed by atoms with Gasteiger partial charge in [-0.3, -0.25) is 4.98 Å². The molecule has 156 valence electrons. The highest BCUT2D eigenvalue weighted by atomic mass is 35.5. The van der Waals surface area contributed by atoms with Gasteiger partial charge in [0, 0.05) is 41.9 Å². The number of hydrogen-bond donors (Lipinski definition) is 1. The summed E-state index contributed by atoms with van der Waals surface area (Å²) in [4.78, 5) is 6.80. The maximum atomic E-state index is 6.14. The van der Waals surface area contributed by atoms with Gasteiger partial charge in [0.25, 0.3) is 0 Å². The van der Waals surface area contributed by atoms with Gasteiger partial charge in [-0.25, -0.2) is 0 Å². The van der Waals surface area contributed by atoms with Crippen LogP contribution in [-0.2, 0) is 11.3 Å². The average Bonchev–Trinajstić information content (AvgIpc) is 3.23. The average molecular weight is 441 g/mol. The molecule has 0 amide bonds. The molecule has 30 heavy (non-hydrogen) atoms. The zero-order valence-corrected chi connectivity index (χ0v) is 18.9. The van der Waals surface area contributed by atoms with Crippen LogP contribution in [0, 0.1) is 13.8 Å². The van der Waals surface area contributed by atoms with Crippen molar-refractivity contribution in [2.45, 2.75) is 32.5 Å². The van der Waals surface area contributed by atoms with E-state index in [1.165, 1.54) is 17.0 Å². The first-order valence-electron chi connectivity index (χ1n) is 9.93. The van der Waals surface area contributed by atoms with Crippen LogP contribution in [0.4, 0.5) is 5.69 Å². The third kappa shape index (κ3) is 3.83. The van der Waals surface area contributed by atoms with E-state index in [0.717, 1.165) is 17.9 Å². The van der Waals surface area contributed by atoms with E-state index in [2.05, 4.69) is 39.7 Å². The zero-order chi connectivity index (χ0) is 21.3. The first-order chi connectivity index (χ1) is 14.5. The third-order valence-corrected chi connectivity index (χ3v) is 6.22. The fraction of sp³-hybridized carbons (Fsp3) is 0.304. The lowest BCUT2D eigenvalue weighted by Gasteiger charge is -2.28. The molecule has 5 nitrogen and oxygen atoms in total. The minimum Gasteiger partial charge on any atom is -0.383 e. The van der Waals surface area contributed by atoms with Crippen LogP contribution < -0.4 is 10.2 Å². The largest absolute Gasteiger partial charge is 0.383 e. The van der Waals surface area contributed by atoms with Gasteiger partial charge in [-0.05, 0) is 74.1 Å². The second-order valence-electron chi connectivity index (χ2n) is 7.44. The Morgan fingerprint density at radius 3 is 2.60 bits per heavy atom. The molecular weight excluding hydrogens is 416 g/mol. The molecule has 0 saturated carbocycles. The molecule has 1 aromatic carbocycles. The molecular formula is C23H25ClN4OS. The molecule has 3 aromatic rings.